The molecule has 2 fully saturated rings. The predicted molar refractivity (Wildman–Crippen MR) is 92.4 cm³/mol. The van der Waals surface area contributed by atoms with Gasteiger partial charge in [0.25, 0.3) is 0 Å². The molecule has 0 N–H and O–H groups in total. The van der Waals surface area contributed by atoms with Crippen LogP contribution in [0.4, 0.5) is 0 Å². The topological polar surface area (TPSA) is 50.1 Å². The first kappa shape index (κ1) is 15.7. The van der Waals surface area contributed by atoms with Crippen molar-refractivity contribution < 1.29 is 0 Å². The molecule has 1 saturated heterocycles. The Balaban J connectivity index is 1.33. The van der Waals surface area contributed by atoms with Crippen LogP contribution in [0.3, 0.4) is 0 Å². The highest BCUT2D eigenvalue weighted by Gasteiger charge is 2.30. The first-order chi connectivity index (χ1) is 11.7. The van der Waals surface area contributed by atoms with Gasteiger partial charge in [0, 0.05) is 51.0 Å². The molecule has 0 bridgehead atoms. The van der Waals surface area contributed by atoms with E-state index in [1.807, 2.05) is 12.4 Å². The maximum Gasteiger partial charge on any atom is 0.146 e. The largest absolute Gasteiger partial charge is 0.317 e. The van der Waals surface area contributed by atoms with Crippen molar-refractivity contribution >= 4 is 0 Å². The summed E-state index contributed by atoms with van der Waals surface area (Å²) in [6, 6.07) is 4.80. The second-order valence-corrected chi connectivity index (χ2v) is 7.26. The van der Waals surface area contributed by atoms with Gasteiger partial charge >= 0.3 is 0 Å². The summed E-state index contributed by atoms with van der Waals surface area (Å²) in [5.74, 6) is 2.92. The molecule has 2 aliphatic rings. The Labute approximate surface area is 143 Å². The van der Waals surface area contributed by atoms with E-state index in [1.54, 1.807) is 0 Å². The Hall–Kier alpha value is -1.79. The Bertz CT molecular complexity index is 678. The summed E-state index contributed by atoms with van der Waals surface area (Å²) in [6.07, 6.45) is 7.51. The van der Waals surface area contributed by atoms with Crippen LogP contribution in [0, 0.1) is 0 Å². The number of nitrogens with zero attached hydrogens (tertiary/aromatic N) is 6. The second-order valence-electron chi connectivity index (χ2n) is 7.26. The number of hydrogen-bond donors (Lipinski definition) is 0. The van der Waals surface area contributed by atoms with E-state index in [4.69, 9.17) is 0 Å². The summed E-state index contributed by atoms with van der Waals surface area (Å²) < 4.78 is 2.21. The number of hydrogen-bond acceptors (Lipinski definition) is 5. The van der Waals surface area contributed by atoms with Crippen LogP contribution in [0.15, 0.2) is 24.5 Å². The van der Waals surface area contributed by atoms with E-state index in [2.05, 4.69) is 55.8 Å². The summed E-state index contributed by atoms with van der Waals surface area (Å²) in [4.78, 5) is 9.06. The van der Waals surface area contributed by atoms with Crippen molar-refractivity contribution in [2.45, 2.75) is 44.3 Å². The van der Waals surface area contributed by atoms with Gasteiger partial charge in [-0.1, -0.05) is 0 Å². The molecule has 1 atom stereocenters. The molecule has 6 heteroatoms. The SMILES string of the molecule is CN(Cc1nnc(C2CC2)n1C)[C@H]1CCN(Cc2ccncc2)C1. The fourth-order valence-corrected chi connectivity index (χ4v) is 3.62. The van der Waals surface area contributed by atoms with Crippen molar-refractivity contribution in [3.8, 4) is 0 Å². The second kappa shape index (κ2) is 6.61. The number of pyridine rings is 1. The zero-order valence-corrected chi connectivity index (χ0v) is 14.6. The number of aromatic nitrogens is 4. The molecule has 1 saturated carbocycles. The highest BCUT2D eigenvalue weighted by molar-refractivity contribution is 5.10. The average Bonchev–Trinajstić information content (AvgIpc) is 3.22. The van der Waals surface area contributed by atoms with Gasteiger partial charge in [-0.2, -0.15) is 0 Å². The van der Waals surface area contributed by atoms with Crippen molar-refractivity contribution in [3.05, 3.63) is 41.7 Å². The van der Waals surface area contributed by atoms with E-state index in [-0.39, 0.29) is 0 Å². The maximum absolute atomic E-state index is 4.43. The van der Waals surface area contributed by atoms with E-state index in [0.717, 1.165) is 32.0 Å². The maximum atomic E-state index is 4.43. The van der Waals surface area contributed by atoms with E-state index >= 15 is 0 Å². The van der Waals surface area contributed by atoms with Gasteiger partial charge in [-0.05, 0) is 44.0 Å². The monoisotopic (exact) mass is 326 g/mol. The third kappa shape index (κ3) is 3.35. The molecule has 2 aromatic heterocycles. The Morgan fingerprint density at radius 3 is 2.71 bits per heavy atom. The molecular formula is C18H26N6. The summed E-state index contributed by atoms with van der Waals surface area (Å²) in [5, 5.41) is 8.82. The molecule has 0 radical (unpaired) electrons. The Morgan fingerprint density at radius 1 is 1.17 bits per heavy atom. The molecule has 128 valence electrons. The number of rotatable bonds is 6. The van der Waals surface area contributed by atoms with Crippen LogP contribution in [0.25, 0.3) is 0 Å². The normalized spacial score (nSPS) is 21.7. The minimum absolute atomic E-state index is 0.591. The summed E-state index contributed by atoms with van der Waals surface area (Å²) in [6.45, 7) is 4.17. The highest BCUT2D eigenvalue weighted by atomic mass is 15.3. The molecule has 1 aliphatic heterocycles. The lowest BCUT2D eigenvalue weighted by Gasteiger charge is -2.24. The standard InChI is InChI=1S/C18H26N6/c1-22(13-17-20-21-18(23(17)2)15-3-4-15)16-7-10-24(12-16)11-14-5-8-19-9-6-14/h5-6,8-9,15-16H,3-4,7,10-13H2,1-2H3/t16-/m0/s1. The van der Waals surface area contributed by atoms with Crippen molar-refractivity contribution in [2.75, 3.05) is 20.1 Å². The average molecular weight is 326 g/mol. The summed E-state index contributed by atoms with van der Waals surface area (Å²) in [5.41, 5.74) is 1.34. The highest BCUT2D eigenvalue weighted by Crippen LogP contribution is 2.38. The molecule has 0 amide bonds. The Morgan fingerprint density at radius 2 is 1.96 bits per heavy atom. The Kier molecular flexibility index (Phi) is 4.33. The first-order valence-electron chi connectivity index (χ1n) is 8.90. The fourth-order valence-electron chi connectivity index (χ4n) is 3.62. The van der Waals surface area contributed by atoms with Crippen molar-refractivity contribution in [3.63, 3.8) is 0 Å². The van der Waals surface area contributed by atoms with Crippen LogP contribution < -0.4 is 0 Å². The van der Waals surface area contributed by atoms with Gasteiger partial charge in [0.1, 0.15) is 11.6 Å². The quantitative estimate of drug-likeness (QED) is 0.810. The van der Waals surface area contributed by atoms with Crippen LogP contribution in [0.1, 0.15) is 42.4 Å². The van der Waals surface area contributed by atoms with E-state index in [1.165, 1.54) is 30.7 Å². The van der Waals surface area contributed by atoms with Crippen LogP contribution in [0.2, 0.25) is 0 Å². The minimum atomic E-state index is 0.591. The lowest BCUT2D eigenvalue weighted by molar-refractivity contribution is 0.216. The van der Waals surface area contributed by atoms with Crippen LogP contribution in [-0.4, -0.2) is 55.7 Å². The molecule has 0 aromatic carbocycles. The van der Waals surface area contributed by atoms with E-state index in [0.29, 0.717) is 12.0 Å². The molecule has 2 aromatic rings. The molecule has 24 heavy (non-hydrogen) atoms. The van der Waals surface area contributed by atoms with Gasteiger partial charge in [0.15, 0.2) is 0 Å². The van der Waals surface area contributed by atoms with Crippen molar-refractivity contribution in [1.82, 2.24) is 29.5 Å². The lowest BCUT2D eigenvalue weighted by atomic mass is 10.2. The number of likely N-dealkylation sites (tertiary alicyclic amines) is 1. The van der Waals surface area contributed by atoms with Crippen molar-refractivity contribution in [1.29, 1.82) is 0 Å². The van der Waals surface area contributed by atoms with Crippen molar-refractivity contribution in [2.24, 2.45) is 7.05 Å². The van der Waals surface area contributed by atoms with E-state index in [9.17, 15) is 0 Å². The number of likely N-dealkylation sites (N-methyl/N-ethyl adjacent to an activating group) is 1. The fraction of sp³-hybridized carbons (Fsp3) is 0.611. The van der Waals surface area contributed by atoms with Gasteiger partial charge in [0.05, 0.1) is 6.54 Å². The van der Waals surface area contributed by atoms with Gasteiger partial charge in [-0.3, -0.25) is 14.8 Å². The lowest BCUT2D eigenvalue weighted by Crippen LogP contribution is -2.34. The summed E-state index contributed by atoms with van der Waals surface area (Å²) in [7, 11) is 4.33. The third-order valence-corrected chi connectivity index (χ3v) is 5.36. The first-order valence-corrected chi connectivity index (χ1v) is 8.90. The van der Waals surface area contributed by atoms with Crippen LogP contribution in [-0.2, 0) is 20.1 Å². The molecule has 0 spiro atoms. The molecule has 4 rings (SSSR count). The minimum Gasteiger partial charge on any atom is -0.317 e. The summed E-state index contributed by atoms with van der Waals surface area (Å²) >= 11 is 0. The molecular weight excluding hydrogens is 300 g/mol. The molecule has 6 nitrogen and oxygen atoms in total. The van der Waals surface area contributed by atoms with Gasteiger partial charge < -0.3 is 4.57 Å². The molecule has 3 heterocycles. The van der Waals surface area contributed by atoms with Crippen LogP contribution >= 0.6 is 0 Å². The molecule has 1 aliphatic carbocycles. The van der Waals surface area contributed by atoms with Gasteiger partial charge in [-0.15, -0.1) is 10.2 Å². The molecule has 0 unspecified atom stereocenters. The zero-order chi connectivity index (χ0) is 16.5. The van der Waals surface area contributed by atoms with Gasteiger partial charge in [0.2, 0.25) is 0 Å². The zero-order valence-electron chi connectivity index (χ0n) is 14.6. The predicted octanol–water partition coefficient (Wildman–Crippen LogP) is 1.79. The van der Waals surface area contributed by atoms with Crippen LogP contribution in [0.5, 0.6) is 0 Å². The van der Waals surface area contributed by atoms with E-state index < -0.39 is 0 Å². The van der Waals surface area contributed by atoms with Gasteiger partial charge in [-0.25, -0.2) is 0 Å². The third-order valence-electron chi connectivity index (χ3n) is 5.36. The smallest absolute Gasteiger partial charge is 0.146 e.